The summed E-state index contributed by atoms with van der Waals surface area (Å²) in [4.78, 5) is 0. The minimum absolute atomic E-state index is 1.25. The molecule has 126 heavy (non-hydrogen) atoms. The molecular formula is C120H56N6. The molecule has 0 saturated carbocycles. The molecule has 0 saturated heterocycles. The molecule has 0 N–H and O–H groups in total. The summed E-state index contributed by atoms with van der Waals surface area (Å²) in [5.74, 6) is 0. The van der Waals surface area contributed by atoms with Crippen LogP contribution in [0.2, 0.25) is 0 Å². The predicted molar refractivity (Wildman–Crippen MR) is 538 cm³/mol. The molecule has 20 aromatic carbocycles. The fourth-order valence-corrected chi connectivity index (χ4v) is 27.0. The highest BCUT2D eigenvalue weighted by Gasteiger charge is 2.37. The lowest BCUT2D eigenvalue weighted by molar-refractivity contribution is 1.28. The number of hydrogen-bond donors (Lipinski definition) is 0. The molecule has 0 aliphatic rings. The van der Waals surface area contributed by atoms with Gasteiger partial charge in [-0.3, -0.25) is 0 Å². The number of hydrogen-bond acceptors (Lipinski definition) is 0. The molecule has 0 unspecified atom stereocenters. The average molecular weight is 1580 g/mol. The number of rotatable bonds is 0. The highest BCUT2D eigenvalue weighted by atomic mass is 15.0. The fourth-order valence-electron chi connectivity index (χ4n) is 27.0. The van der Waals surface area contributed by atoms with E-state index in [1.54, 1.807) is 0 Å². The van der Waals surface area contributed by atoms with E-state index in [1.165, 1.54) is 347 Å². The molecule has 0 atom stereocenters. The second-order valence-corrected chi connectivity index (χ2v) is 37.2. The number of benzene rings is 20. The maximum absolute atomic E-state index is 2.68. The number of nitrogens with zero attached hydrogens (tertiary/aromatic N) is 6. The Labute approximate surface area is 708 Å². The van der Waals surface area contributed by atoms with E-state index in [9.17, 15) is 0 Å². The Hall–Kier alpha value is -16.8. The maximum Gasteiger partial charge on any atom is 0.0662 e. The zero-order chi connectivity index (χ0) is 80.0. The number of pyridine rings is 11. The van der Waals surface area contributed by atoms with Gasteiger partial charge in [-0.15, -0.1) is 0 Å². The molecule has 566 valence electrons. The molecule has 0 radical (unpaired) electrons. The van der Waals surface area contributed by atoms with Crippen LogP contribution in [0.1, 0.15) is 0 Å². The Morgan fingerprint density at radius 2 is 0.333 bits per heavy atom. The van der Waals surface area contributed by atoms with Gasteiger partial charge in [0.1, 0.15) is 0 Å². The first kappa shape index (κ1) is 61.5. The van der Waals surface area contributed by atoms with Gasteiger partial charge in [0.05, 0.1) is 93.8 Å². The van der Waals surface area contributed by atoms with E-state index in [0.29, 0.717) is 0 Å². The SMILES string of the molecule is c1ccc2cc3c(cc2c1)cc1c2c3c3ccc4c5cc6cc7ccccc7cc6c6c5c5c(c2c2c7c8c(cc9cc%10ccccc%10cc9c8c8ccc1n82)c1ccc6n1c57)n43.c1ccc2cc3c(cc2c1)cc1c2c3c3cccn3c3c4c5ccc6cc7ccccc7cc6c5c5ccc6c7cc8cc9ccccc9cc8c8c7c(c4n65)c(c23)n2c1ccc82. The lowest BCUT2D eigenvalue weighted by Crippen LogP contribution is -2.07. The van der Waals surface area contributed by atoms with Crippen molar-refractivity contribution in [2.24, 2.45) is 0 Å². The molecule has 0 aliphatic heterocycles. The molecule has 0 bridgehead atoms. The van der Waals surface area contributed by atoms with E-state index >= 15 is 0 Å². The van der Waals surface area contributed by atoms with Gasteiger partial charge in [0.2, 0.25) is 0 Å². The zero-order valence-corrected chi connectivity index (χ0v) is 67.0. The van der Waals surface area contributed by atoms with Crippen LogP contribution in [0.15, 0.2) is 340 Å². The van der Waals surface area contributed by atoms with E-state index in [2.05, 4.69) is 366 Å². The first-order valence-electron chi connectivity index (χ1n) is 44.3. The normalized spacial score (nSPS) is 13.6. The topological polar surface area (TPSA) is 26.5 Å². The van der Waals surface area contributed by atoms with Crippen molar-refractivity contribution >= 4 is 347 Å². The molecule has 0 fully saturated rings. The Balaban J connectivity index is 0.000000111. The van der Waals surface area contributed by atoms with Crippen molar-refractivity contribution in [2.45, 2.75) is 0 Å². The third-order valence-corrected chi connectivity index (χ3v) is 31.7. The van der Waals surface area contributed by atoms with Gasteiger partial charge in [-0.1, -0.05) is 158 Å². The molecule has 6 nitrogen and oxygen atoms in total. The molecular weight excluding hydrogens is 1530 g/mol. The Kier molecular flexibility index (Phi) is 9.77. The molecule has 17 heterocycles. The second kappa shape index (κ2) is 20.0. The summed E-state index contributed by atoms with van der Waals surface area (Å²) in [5.41, 5.74) is 22.0. The highest BCUT2D eigenvalue weighted by Crippen LogP contribution is 2.61. The molecule has 0 aliphatic carbocycles. The highest BCUT2D eigenvalue weighted by molar-refractivity contribution is 6.54. The van der Waals surface area contributed by atoms with Crippen molar-refractivity contribution in [2.75, 3.05) is 0 Å². The van der Waals surface area contributed by atoms with Crippen molar-refractivity contribution < 1.29 is 0 Å². The lowest BCUT2D eigenvalue weighted by Gasteiger charge is -2.28. The summed E-state index contributed by atoms with van der Waals surface area (Å²) in [6.07, 6.45) is 2.33. The molecule has 6 heteroatoms. The summed E-state index contributed by atoms with van der Waals surface area (Å²) in [6.45, 7) is 0. The maximum atomic E-state index is 2.68. The van der Waals surface area contributed by atoms with Gasteiger partial charge < -0.3 is 26.4 Å². The molecule has 0 amide bonds. The molecule has 17 aromatic heterocycles. The Bertz CT molecular complexity index is 10700. The van der Waals surface area contributed by atoms with Crippen LogP contribution in [0.5, 0.6) is 0 Å². The zero-order valence-electron chi connectivity index (χ0n) is 67.0. The third-order valence-electron chi connectivity index (χ3n) is 31.7. The van der Waals surface area contributed by atoms with Crippen LogP contribution in [0.3, 0.4) is 0 Å². The third kappa shape index (κ3) is 6.56. The van der Waals surface area contributed by atoms with Gasteiger partial charge in [-0.2, -0.15) is 0 Å². The standard InChI is InChI=1S/C60H27N3.C60H29N3/c1-4-10-31-22-37-34(19-28(31)7-1)25-40-43-13-17-47-50-38-23-32-11-5-2-9-30(32)21-36(38)27-42-45-15-18-48-51-39-24-33-12-6-3-8-29(33)20-35(39)26-41-44-14-16-46-49(37)52(40)55-58(61(43)47)56(54(42)50)60(63(45)48)57(53(41)51)59(55)62(44)46;1-4-11-33-25-40-36(22-30(33)8-1)15-16-39-50(40)48-19-17-45-44-29-38-24-32-10-3-6-13-35(32)27-42(38)52-49-20-18-46-43-28-37-23-31-9-2-5-12-34(31)26-41(37)51-47-14-7-21-61(47)58-55(39)59(62(45)48)57(54(44)52)60(63(46)49)56(58)53(43)51/h1-27H;1-29H. The van der Waals surface area contributed by atoms with Gasteiger partial charge in [-0.25, -0.2) is 0 Å². The first-order valence-corrected chi connectivity index (χ1v) is 44.3. The summed E-state index contributed by atoms with van der Waals surface area (Å²) < 4.78 is 15.9. The number of fused-ring (bicyclic) bond motifs is 34. The lowest BCUT2D eigenvalue weighted by atomic mass is 9.84. The van der Waals surface area contributed by atoms with Gasteiger partial charge in [0, 0.05) is 125 Å². The van der Waals surface area contributed by atoms with Gasteiger partial charge >= 0.3 is 0 Å². The molecule has 0 spiro atoms. The van der Waals surface area contributed by atoms with Crippen molar-refractivity contribution in [3.63, 3.8) is 0 Å². The van der Waals surface area contributed by atoms with Crippen LogP contribution >= 0.6 is 0 Å². The van der Waals surface area contributed by atoms with E-state index in [0.717, 1.165) is 0 Å². The van der Waals surface area contributed by atoms with E-state index < -0.39 is 0 Å². The number of aromatic nitrogens is 6. The summed E-state index contributed by atoms with van der Waals surface area (Å²) >= 11 is 0. The van der Waals surface area contributed by atoms with Crippen LogP contribution in [0.4, 0.5) is 0 Å². The van der Waals surface area contributed by atoms with Gasteiger partial charge in [0.25, 0.3) is 0 Å². The fraction of sp³-hybridized carbons (Fsp3) is 0. The summed E-state index contributed by atoms with van der Waals surface area (Å²) in [6, 6.07) is 129. The van der Waals surface area contributed by atoms with Crippen molar-refractivity contribution in [1.29, 1.82) is 0 Å². The van der Waals surface area contributed by atoms with Crippen LogP contribution < -0.4 is 0 Å². The first-order chi connectivity index (χ1) is 62.5. The summed E-state index contributed by atoms with van der Waals surface area (Å²) in [5, 5.41) is 61.8. The quantitative estimate of drug-likeness (QED) is 0.107. The predicted octanol–water partition coefficient (Wildman–Crippen LogP) is 32.7. The smallest absolute Gasteiger partial charge is 0.0662 e. The van der Waals surface area contributed by atoms with Gasteiger partial charge in [-0.05, 0) is 311 Å². The van der Waals surface area contributed by atoms with E-state index in [1.807, 2.05) is 0 Å². The molecule has 37 aromatic rings. The van der Waals surface area contributed by atoms with Crippen molar-refractivity contribution in [3.05, 3.63) is 340 Å². The minimum atomic E-state index is 1.25. The van der Waals surface area contributed by atoms with Crippen LogP contribution in [0.25, 0.3) is 347 Å². The van der Waals surface area contributed by atoms with Crippen LogP contribution in [-0.4, -0.2) is 26.4 Å². The van der Waals surface area contributed by atoms with Gasteiger partial charge in [0.15, 0.2) is 0 Å². The molecule has 37 rings (SSSR count). The van der Waals surface area contributed by atoms with Crippen molar-refractivity contribution in [1.82, 2.24) is 26.4 Å². The van der Waals surface area contributed by atoms with E-state index in [4.69, 9.17) is 0 Å². The second-order valence-electron chi connectivity index (χ2n) is 37.2. The monoisotopic (exact) mass is 1580 g/mol. The Morgan fingerprint density at radius 1 is 0.111 bits per heavy atom. The summed E-state index contributed by atoms with van der Waals surface area (Å²) in [7, 11) is 0. The Morgan fingerprint density at radius 3 is 0.627 bits per heavy atom. The van der Waals surface area contributed by atoms with Crippen LogP contribution in [-0.2, 0) is 0 Å². The van der Waals surface area contributed by atoms with E-state index in [-0.39, 0.29) is 0 Å². The van der Waals surface area contributed by atoms with Crippen molar-refractivity contribution in [3.8, 4) is 0 Å². The van der Waals surface area contributed by atoms with Crippen LogP contribution in [0, 0.1) is 0 Å². The average Bonchev–Trinajstić information content (AvgIpc) is 1.30. The minimum Gasteiger partial charge on any atom is -0.315 e. The largest absolute Gasteiger partial charge is 0.315 e.